The normalized spacial score (nSPS) is 11.6. The predicted molar refractivity (Wildman–Crippen MR) is 92.7 cm³/mol. The Morgan fingerprint density at radius 2 is 1.81 bits per heavy atom. The van der Waals surface area contributed by atoms with E-state index in [1.165, 1.54) is 6.08 Å². The maximum absolute atomic E-state index is 10.8. The van der Waals surface area contributed by atoms with Crippen molar-refractivity contribution in [3.63, 3.8) is 0 Å². The Balaban J connectivity index is 3.19. The molecule has 0 aliphatic heterocycles. The van der Waals surface area contributed by atoms with Gasteiger partial charge < -0.3 is 10.0 Å². The zero-order valence-electron chi connectivity index (χ0n) is 13.1. The molecule has 0 bridgehead atoms. The van der Waals surface area contributed by atoms with E-state index in [0.717, 1.165) is 28.8 Å². The maximum Gasteiger partial charge on any atom is 0.328 e. The Labute approximate surface area is 135 Å². The van der Waals surface area contributed by atoms with Gasteiger partial charge in [-0.15, -0.1) is 0 Å². The van der Waals surface area contributed by atoms with E-state index in [0.29, 0.717) is 11.8 Å². The largest absolute Gasteiger partial charge is 0.478 e. The topological polar surface area (TPSA) is 40.5 Å². The number of carboxylic acids is 1. The lowest BCUT2D eigenvalue weighted by Gasteiger charge is -2.30. The zero-order chi connectivity index (χ0) is 16.0. The molecule has 0 spiro atoms. The van der Waals surface area contributed by atoms with Crippen molar-refractivity contribution in [3.05, 3.63) is 34.3 Å². The van der Waals surface area contributed by atoms with Gasteiger partial charge in [-0.05, 0) is 41.7 Å². The second-order valence-corrected chi connectivity index (χ2v) is 6.98. The van der Waals surface area contributed by atoms with Crippen LogP contribution in [0.2, 0.25) is 0 Å². The summed E-state index contributed by atoms with van der Waals surface area (Å²) < 4.78 is 0.949. The van der Waals surface area contributed by atoms with Crippen LogP contribution in [0.3, 0.4) is 0 Å². The Morgan fingerprint density at radius 3 is 2.29 bits per heavy atom. The van der Waals surface area contributed by atoms with Crippen LogP contribution in [0.4, 0.5) is 5.69 Å². The Kier molecular flexibility index (Phi) is 6.96. The zero-order valence-corrected chi connectivity index (χ0v) is 14.7. The van der Waals surface area contributed by atoms with Crippen LogP contribution in [-0.2, 0) is 4.79 Å². The van der Waals surface area contributed by atoms with Crippen molar-refractivity contribution >= 4 is 33.7 Å². The van der Waals surface area contributed by atoms with Crippen LogP contribution >= 0.6 is 15.9 Å². The van der Waals surface area contributed by atoms with Gasteiger partial charge in [0.1, 0.15) is 0 Å². The molecule has 116 valence electrons. The lowest BCUT2D eigenvalue weighted by molar-refractivity contribution is -0.131. The van der Waals surface area contributed by atoms with E-state index in [1.807, 2.05) is 12.1 Å². The van der Waals surface area contributed by atoms with E-state index < -0.39 is 5.97 Å². The summed E-state index contributed by atoms with van der Waals surface area (Å²) in [6, 6.07) is 6.01. The molecule has 0 aliphatic rings. The fraction of sp³-hybridized carbons (Fsp3) is 0.471. The number of halogens is 1. The molecule has 21 heavy (non-hydrogen) atoms. The van der Waals surface area contributed by atoms with Crippen LogP contribution in [0.25, 0.3) is 6.08 Å². The molecule has 0 amide bonds. The summed E-state index contributed by atoms with van der Waals surface area (Å²) in [5.41, 5.74) is 2.01. The van der Waals surface area contributed by atoms with Crippen molar-refractivity contribution in [2.45, 2.75) is 27.7 Å². The molecule has 1 N–H and O–H groups in total. The average Bonchev–Trinajstić information content (AvgIpc) is 2.34. The van der Waals surface area contributed by atoms with Gasteiger partial charge in [0.25, 0.3) is 0 Å². The van der Waals surface area contributed by atoms with Gasteiger partial charge in [-0.3, -0.25) is 0 Å². The number of nitrogens with zero attached hydrogens (tertiary/aromatic N) is 1. The van der Waals surface area contributed by atoms with Gasteiger partial charge >= 0.3 is 5.97 Å². The van der Waals surface area contributed by atoms with E-state index in [4.69, 9.17) is 5.11 Å². The summed E-state index contributed by atoms with van der Waals surface area (Å²) in [5.74, 6) is 0.160. The molecule has 1 aromatic rings. The van der Waals surface area contributed by atoms with Crippen molar-refractivity contribution in [2.75, 3.05) is 18.0 Å². The average molecular weight is 354 g/mol. The van der Waals surface area contributed by atoms with Crippen LogP contribution in [0.15, 0.2) is 28.7 Å². The number of benzene rings is 1. The van der Waals surface area contributed by atoms with Crippen molar-refractivity contribution < 1.29 is 9.90 Å². The molecular formula is C17H24BrNO2. The highest BCUT2D eigenvalue weighted by Crippen LogP contribution is 2.27. The van der Waals surface area contributed by atoms with E-state index in [2.05, 4.69) is 54.6 Å². The molecule has 0 heterocycles. The Hall–Kier alpha value is -1.29. The van der Waals surface area contributed by atoms with Crippen molar-refractivity contribution in [1.29, 1.82) is 0 Å². The van der Waals surface area contributed by atoms with Crippen LogP contribution in [0.1, 0.15) is 33.3 Å². The molecule has 0 unspecified atom stereocenters. The quantitative estimate of drug-likeness (QED) is 0.724. The first-order chi connectivity index (χ1) is 9.79. The first-order valence-corrected chi connectivity index (χ1v) is 8.04. The van der Waals surface area contributed by atoms with Gasteiger partial charge in [-0.2, -0.15) is 0 Å². The van der Waals surface area contributed by atoms with Gasteiger partial charge in [0.2, 0.25) is 0 Å². The number of anilines is 1. The van der Waals surface area contributed by atoms with Crippen molar-refractivity contribution in [2.24, 2.45) is 11.8 Å². The first kappa shape index (κ1) is 17.8. The summed E-state index contributed by atoms with van der Waals surface area (Å²) in [7, 11) is 0. The fourth-order valence-electron chi connectivity index (χ4n) is 2.26. The number of hydrogen-bond acceptors (Lipinski definition) is 2. The minimum Gasteiger partial charge on any atom is -0.478 e. The molecule has 0 fully saturated rings. The molecule has 0 radical (unpaired) electrons. The highest BCUT2D eigenvalue weighted by molar-refractivity contribution is 9.10. The lowest BCUT2D eigenvalue weighted by atomic mass is 10.1. The monoisotopic (exact) mass is 353 g/mol. The summed E-state index contributed by atoms with van der Waals surface area (Å²) in [4.78, 5) is 13.1. The number of rotatable bonds is 7. The molecule has 1 rings (SSSR count). The minimum atomic E-state index is -0.930. The van der Waals surface area contributed by atoms with Crippen LogP contribution in [0.5, 0.6) is 0 Å². The standard InChI is InChI=1S/C17H24BrNO2/c1-12(2)10-19(11-13(3)4)16-7-6-15(18)9-14(16)5-8-17(20)21/h5-9,12-13H,10-11H2,1-4H3,(H,20,21). The smallest absolute Gasteiger partial charge is 0.328 e. The fourth-order valence-corrected chi connectivity index (χ4v) is 2.64. The summed E-state index contributed by atoms with van der Waals surface area (Å²) in [6.07, 6.45) is 2.85. The molecule has 3 nitrogen and oxygen atoms in total. The Morgan fingerprint density at radius 1 is 1.24 bits per heavy atom. The van der Waals surface area contributed by atoms with E-state index >= 15 is 0 Å². The molecule has 0 aliphatic carbocycles. The van der Waals surface area contributed by atoms with Crippen molar-refractivity contribution in [3.8, 4) is 0 Å². The van der Waals surface area contributed by atoms with Gasteiger partial charge in [0.05, 0.1) is 0 Å². The molecule has 0 aromatic heterocycles. The summed E-state index contributed by atoms with van der Waals surface area (Å²) >= 11 is 3.45. The van der Waals surface area contributed by atoms with Gasteiger partial charge in [0.15, 0.2) is 0 Å². The van der Waals surface area contributed by atoms with E-state index in [-0.39, 0.29) is 0 Å². The second kappa shape index (κ2) is 8.23. The molecule has 0 atom stereocenters. The van der Waals surface area contributed by atoms with Crippen molar-refractivity contribution in [1.82, 2.24) is 0 Å². The predicted octanol–water partition coefficient (Wildman–Crippen LogP) is 4.67. The molecule has 1 aromatic carbocycles. The Bertz CT molecular complexity index is 500. The van der Waals surface area contributed by atoms with Gasteiger partial charge in [0, 0.05) is 29.3 Å². The minimum absolute atomic E-state index is 0.545. The summed E-state index contributed by atoms with van der Waals surface area (Å²) in [6.45, 7) is 10.7. The van der Waals surface area contributed by atoms with E-state index in [1.54, 1.807) is 6.08 Å². The highest BCUT2D eigenvalue weighted by Gasteiger charge is 2.13. The molecule has 4 heteroatoms. The van der Waals surface area contributed by atoms with Crippen LogP contribution < -0.4 is 4.90 Å². The molecular weight excluding hydrogens is 330 g/mol. The molecule has 0 saturated heterocycles. The van der Waals surface area contributed by atoms with E-state index in [9.17, 15) is 4.79 Å². The third-order valence-electron chi connectivity index (χ3n) is 2.91. The van der Waals surface area contributed by atoms with Crippen LogP contribution in [-0.4, -0.2) is 24.2 Å². The molecule has 0 saturated carbocycles. The lowest BCUT2D eigenvalue weighted by Crippen LogP contribution is -2.31. The third-order valence-corrected chi connectivity index (χ3v) is 3.40. The maximum atomic E-state index is 10.8. The first-order valence-electron chi connectivity index (χ1n) is 7.25. The third kappa shape index (κ3) is 6.34. The number of hydrogen-bond donors (Lipinski definition) is 1. The highest BCUT2D eigenvalue weighted by atomic mass is 79.9. The SMILES string of the molecule is CC(C)CN(CC(C)C)c1ccc(Br)cc1C=CC(=O)O. The van der Waals surface area contributed by atoms with Crippen LogP contribution in [0, 0.1) is 11.8 Å². The van der Waals surface area contributed by atoms with Gasteiger partial charge in [-0.25, -0.2) is 4.79 Å². The van der Waals surface area contributed by atoms with Gasteiger partial charge in [-0.1, -0.05) is 43.6 Å². The number of carbonyl (C=O) groups is 1. The second-order valence-electron chi connectivity index (χ2n) is 6.07. The number of carboxylic acid groups (broad SMARTS) is 1. The number of aliphatic carboxylic acids is 1. The summed E-state index contributed by atoms with van der Waals surface area (Å²) in [5, 5.41) is 8.85.